The predicted molar refractivity (Wildman–Crippen MR) is 202 cm³/mol. The molecule has 13 heteroatoms. The summed E-state index contributed by atoms with van der Waals surface area (Å²) in [6.45, 7) is 20.7. The molecule has 0 radical (unpaired) electrons. The minimum absolute atomic E-state index is 0.111. The molecule has 47 heavy (non-hydrogen) atoms. The highest BCUT2D eigenvalue weighted by Gasteiger charge is 2.39. The molecule has 4 amide bonds. The Morgan fingerprint density at radius 2 is 1.30 bits per heavy atom. The lowest BCUT2D eigenvalue weighted by Crippen LogP contribution is -2.52. The third-order valence-electron chi connectivity index (χ3n) is 7.72. The van der Waals surface area contributed by atoms with Crippen LogP contribution in [0.5, 0.6) is 0 Å². The Bertz CT molecular complexity index is 1180. The average molecular weight is 704 g/mol. The summed E-state index contributed by atoms with van der Waals surface area (Å²) in [7, 11) is -6.31. The summed E-state index contributed by atoms with van der Waals surface area (Å²) in [4.78, 5) is 32.3. The van der Waals surface area contributed by atoms with Gasteiger partial charge in [0.25, 0.3) is 0 Å². The molecule has 0 fully saturated rings. The van der Waals surface area contributed by atoms with Crippen LogP contribution < -0.4 is 21.4 Å². The van der Waals surface area contributed by atoms with Crippen LogP contribution in [0.2, 0.25) is 51.4 Å². The molecule has 0 aliphatic rings. The normalized spacial score (nSPS) is 12.8. The predicted octanol–water partition coefficient (Wildman–Crippen LogP) is 8.23. The molecule has 0 aliphatic carbocycles. The van der Waals surface area contributed by atoms with Gasteiger partial charge in [0.15, 0.2) is 16.6 Å². The lowest BCUT2D eigenvalue weighted by atomic mass is 10.0. The van der Waals surface area contributed by atoms with Crippen molar-refractivity contribution in [2.75, 3.05) is 43.4 Å². The highest BCUT2D eigenvalue weighted by molar-refractivity contribution is 6.87. The van der Waals surface area contributed by atoms with Gasteiger partial charge in [-0.3, -0.25) is 0 Å². The highest BCUT2D eigenvalue weighted by atomic mass is 28.5. The summed E-state index contributed by atoms with van der Waals surface area (Å²) in [6.07, 6.45) is 4.03. The second-order valence-corrected chi connectivity index (χ2v) is 26.3. The fourth-order valence-electron chi connectivity index (χ4n) is 5.69. The first-order valence-corrected chi connectivity index (χ1v) is 26.2. The molecule has 0 aliphatic heterocycles. The Hall–Kier alpha value is -2.53. The third kappa shape index (κ3) is 18.6. The number of hydrogen-bond acceptors (Lipinski definition) is 6. The van der Waals surface area contributed by atoms with Gasteiger partial charge in [0.2, 0.25) is 0 Å². The molecule has 4 N–H and O–H groups in total. The van der Waals surface area contributed by atoms with E-state index < -0.39 is 25.2 Å². The van der Waals surface area contributed by atoms with Crippen molar-refractivity contribution in [3.05, 3.63) is 60.7 Å². The number of nitrogens with one attached hydrogen (secondary N) is 4. The largest absolute Gasteiger partial charge is 0.437 e. The molecule has 2 aromatic rings. The number of anilines is 2. The van der Waals surface area contributed by atoms with Crippen LogP contribution in [0.4, 0.5) is 21.0 Å². The Morgan fingerprint density at radius 3 is 1.87 bits per heavy atom. The Balaban J connectivity index is 1.75. The van der Waals surface area contributed by atoms with E-state index in [9.17, 15) is 9.59 Å². The van der Waals surface area contributed by atoms with Gasteiger partial charge in [-0.2, -0.15) is 0 Å². The number of amides is 4. The Labute approximate surface area is 287 Å². The lowest BCUT2D eigenvalue weighted by Gasteiger charge is -2.39. The quantitative estimate of drug-likeness (QED) is 0.0559. The molecule has 2 aromatic carbocycles. The monoisotopic (exact) mass is 703 g/mol. The molecular weight excluding hydrogens is 643 g/mol. The van der Waals surface area contributed by atoms with E-state index in [1.54, 1.807) is 0 Å². The molecule has 0 bridgehead atoms. The summed E-state index contributed by atoms with van der Waals surface area (Å²) >= 11 is 0. The molecule has 0 aromatic heterocycles. The molecule has 0 saturated heterocycles. The number of hydrogen-bond donors (Lipinski definition) is 4. The second kappa shape index (κ2) is 20.8. The first kappa shape index (κ1) is 40.6. The maximum Gasteiger partial charge on any atom is 0.321 e. The van der Waals surface area contributed by atoms with Crippen LogP contribution in [0.3, 0.4) is 0 Å². The van der Waals surface area contributed by atoms with Gasteiger partial charge in [-0.1, -0.05) is 56.2 Å². The minimum Gasteiger partial charge on any atom is -0.437 e. The van der Waals surface area contributed by atoms with Gasteiger partial charge in [-0.25, -0.2) is 15.1 Å². The van der Waals surface area contributed by atoms with Crippen molar-refractivity contribution >= 4 is 48.6 Å². The number of nitrogens with zero attached hydrogens (tertiary/aromatic N) is 1. The van der Waals surface area contributed by atoms with Crippen LogP contribution in [0, 0.1) is 5.92 Å². The van der Waals surface area contributed by atoms with E-state index in [4.69, 9.17) is 13.1 Å². The highest BCUT2D eigenvalue weighted by Crippen LogP contribution is 2.27. The fourth-order valence-corrected chi connectivity index (χ4v) is 19.8. The Kier molecular flexibility index (Phi) is 17.9. The van der Waals surface area contributed by atoms with E-state index in [0.717, 1.165) is 49.1 Å². The van der Waals surface area contributed by atoms with Gasteiger partial charge in [0, 0.05) is 37.6 Å². The van der Waals surface area contributed by atoms with Crippen LogP contribution in [0.1, 0.15) is 39.5 Å². The van der Waals surface area contributed by atoms with Gasteiger partial charge in [-0.15, -0.1) is 0 Å². The number of benzene rings is 2. The minimum atomic E-state index is -2.35. The summed E-state index contributed by atoms with van der Waals surface area (Å²) < 4.78 is 13.7. The van der Waals surface area contributed by atoms with Gasteiger partial charge in [-0.05, 0) is 101 Å². The van der Waals surface area contributed by atoms with E-state index in [-0.39, 0.29) is 12.1 Å². The maximum atomic E-state index is 13.1. The smallest absolute Gasteiger partial charge is 0.321 e. The summed E-state index contributed by atoms with van der Waals surface area (Å²) in [5, 5.41) is 8.84. The van der Waals surface area contributed by atoms with Gasteiger partial charge in [0.05, 0.1) is 6.61 Å². The summed E-state index contributed by atoms with van der Waals surface area (Å²) in [5.41, 5.74) is 4.50. The second-order valence-electron chi connectivity index (χ2n) is 13.9. The van der Waals surface area contributed by atoms with Crippen LogP contribution in [-0.2, 0) is 13.1 Å². The van der Waals surface area contributed by atoms with E-state index in [1.807, 2.05) is 72.5 Å². The Morgan fingerprint density at radius 1 is 0.745 bits per heavy atom. The molecular formula is C34H61N5O5Si3. The van der Waals surface area contributed by atoms with Crippen molar-refractivity contribution in [1.82, 2.24) is 15.7 Å². The summed E-state index contributed by atoms with van der Waals surface area (Å²) in [5.74, 6) is 0.522. The van der Waals surface area contributed by atoms with E-state index in [2.05, 4.69) is 67.6 Å². The molecule has 0 spiro atoms. The first-order chi connectivity index (χ1) is 22.2. The molecule has 264 valence electrons. The number of carbonyl (C=O) groups is 2. The standard InChI is InChI=1S/C34H61N5O5Si3/c1-9-42-36-25-27-39(34(41)38-32-21-14-11-15-22-32)26-17-29-46(5,6)44-47(7,8)43-45(3,4)28-16-18-30(2)23-24-35-33(40)37-31-19-12-10-13-20-31/h10-15,19-22,30,36H,9,16-18,23-29H2,1-8H3,(H,38,41)(H2,35,37,40). The van der Waals surface area contributed by atoms with E-state index >= 15 is 0 Å². The van der Waals surface area contributed by atoms with Gasteiger partial charge >= 0.3 is 20.6 Å². The SMILES string of the molecule is CCONCCN(CCC[Si](C)(C)O[Si](C)(C)O[Si](C)(C)CCCC(C)CCNC(=O)Nc1ccccc1)C(=O)Nc1ccccc1. The zero-order chi connectivity index (χ0) is 34.8. The molecule has 0 saturated carbocycles. The summed E-state index contributed by atoms with van der Waals surface area (Å²) in [6, 6.07) is 20.8. The van der Waals surface area contributed by atoms with Crippen LogP contribution in [-0.4, -0.2) is 74.9 Å². The zero-order valence-corrected chi connectivity index (χ0v) is 33.1. The molecule has 10 nitrogen and oxygen atoms in total. The van der Waals surface area contributed by atoms with Crippen LogP contribution in [0.25, 0.3) is 0 Å². The number of rotatable bonds is 22. The van der Waals surface area contributed by atoms with E-state index in [1.165, 1.54) is 0 Å². The van der Waals surface area contributed by atoms with Crippen molar-refractivity contribution in [1.29, 1.82) is 0 Å². The number of carbonyl (C=O) groups excluding carboxylic acids is 2. The van der Waals surface area contributed by atoms with Crippen molar-refractivity contribution in [2.24, 2.45) is 5.92 Å². The topological polar surface area (TPSA) is 113 Å². The fraction of sp³-hybridized carbons (Fsp3) is 0.588. The van der Waals surface area contributed by atoms with Crippen LogP contribution in [0.15, 0.2) is 60.7 Å². The first-order valence-electron chi connectivity index (χ1n) is 17.2. The van der Waals surface area contributed by atoms with Crippen molar-refractivity contribution in [3.63, 3.8) is 0 Å². The number of para-hydroxylation sites is 2. The van der Waals surface area contributed by atoms with Gasteiger partial charge in [0.1, 0.15) is 0 Å². The molecule has 0 heterocycles. The third-order valence-corrected chi connectivity index (χ3v) is 19.2. The molecule has 2 rings (SSSR count). The molecule has 1 atom stereocenters. The number of urea groups is 2. The van der Waals surface area contributed by atoms with Crippen LogP contribution >= 0.6 is 0 Å². The average Bonchev–Trinajstić information content (AvgIpc) is 2.98. The molecule has 1 unspecified atom stereocenters. The zero-order valence-electron chi connectivity index (χ0n) is 30.1. The van der Waals surface area contributed by atoms with Crippen molar-refractivity contribution in [2.45, 2.75) is 90.9 Å². The van der Waals surface area contributed by atoms with Crippen molar-refractivity contribution in [3.8, 4) is 0 Å². The van der Waals surface area contributed by atoms with Crippen molar-refractivity contribution < 1.29 is 22.7 Å². The maximum absolute atomic E-state index is 13.1. The lowest BCUT2D eigenvalue weighted by molar-refractivity contribution is 0.0472. The number of hydroxylamine groups is 1. The van der Waals surface area contributed by atoms with E-state index in [0.29, 0.717) is 38.7 Å². The van der Waals surface area contributed by atoms with Gasteiger partial charge < -0.3 is 33.9 Å².